The fourth-order valence-electron chi connectivity index (χ4n) is 1.18. The summed E-state index contributed by atoms with van der Waals surface area (Å²) in [6, 6.07) is 2.17. The summed E-state index contributed by atoms with van der Waals surface area (Å²) in [5.74, 6) is 0. The third-order valence-corrected chi connectivity index (χ3v) is 3.70. The maximum absolute atomic E-state index is 5.91. The molecule has 0 aliphatic heterocycles. The number of rotatable bonds is 3. The summed E-state index contributed by atoms with van der Waals surface area (Å²) in [5, 5.41) is 7.31. The molecule has 0 aromatic carbocycles. The van der Waals surface area contributed by atoms with Gasteiger partial charge in [0.2, 0.25) is 0 Å². The van der Waals surface area contributed by atoms with E-state index in [1.54, 1.807) is 22.7 Å². The van der Waals surface area contributed by atoms with E-state index in [2.05, 4.69) is 34.1 Å². The van der Waals surface area contributed by atoms with Crippen LogP contribution < -0.4 is 5.73 Å². The van der Waals surface area contributed by atoms with E-state index in [4.69, 9.17) is 5.73 Å². The van der Waals surface area contributed by atoms with E-state index in [1.165, 1.54) is 5.56 Å². The van der Waals surface area contributed by atoms with Gasteiger partial charge in [0.1, 0.15) is 5.01 Å². The zero-order chi connectivity index (χ0) is 9.97. The van der Waals surface area contributed by atoms with Crippen LogP contribution in [0, 0.1) is 0 Å². The molecule has 0 bridgehead atoms. The van der Waals surface area contributed by atoms with E-state index in [-0.39, 0.29) is 6.04 Å². The number of aromatic nitrogens is 1. The van der Waals surface area contributed by atoms with Crippen molar-refractivity contribution in [2.45, 2.75) is 19.4 Å². The number of thiophene rings is 1. The summed E-state index contributed by atoms with van der Waals surface area (Å²) in [7, 11) is 0. The zero-order valence-corrected chi connectivity index (χ0v) is 9.57. The lowest BCUT2D eigenvalue weighted by Crippen LogP contribution is -2.08. The van der Waals surface area contributed by atoms with Crippen LogP contribution in [0.2, 0.25) is 0 Å². The Kier molecular flexibility index (Phi) is 2.96. The predicted octanol–water partition coefficient (Wildman–Crippen LogP) is 3.28. The van der Waals surface area contributed by atoms with Gasteiger partial charge in [-0.2, -0.15) is 11.3 Å². The average molecular weight is 224 g/mol. The Morgan fingerprint density at radius 2 is 2.36 bits per heavy atom. The second kappa shape index (κ2) is 4.21. The quantitative estimate of drug-likeness (QED) is 0.869. The van der Waals surface area contributed by atoms with Crippen LogP contribution in [0.15, 0.2) is 22.2 Å². The Morgan fingerprint density at radius 1 is 1.50 bits per heavy atom. The second-order valence-corrected chi connectivity index (χ2v) is 4.74. The maximum atomic E-state index is 5.91. The summed E-state index contributed by atoms with van der Waals surface area (Å²) < 4.78 is 0. The number of nitrogens with zero attached hydrogens (tertiary/aromatic N) is 1. The Hall–Kier alpha value is -0.710. The summed E-state index contributed by atoms with van der Waals surface area (Å²) in [6.07, 6.45) is 0.937. The van der Waals surface area contributed by atoms with Gasteiger partial charge in [-0.15, -0.1) is 11.3 Å². The molecule has 0 aliphatic rings. The molecule has 0 saturated carbocycles. The maximum Gasteiger partial charge on any atom is 0.124 e. The lowest BCUT2D eigenvalue weighted by atomic mass is 10.2. The van der Waals surface area contributed by atoms with Crippen molar-refractivity contribution in [1.82, 2.24) is 4.98 Å². The van der Waals surface area contributed by atoms with Crippen LogP contribution >= 0.6 is 22.7 Å². The highest BCUT2D eigenvalue weighted by Crippen LogP contribution is 2.27. The first-order valence-corrected chi connectivity index (χ1v) is 6.37. The van der Waals surface area contributed by atoms with Gasteiger partial charge >= 0.3 is 0 Å². The topological polar surface area (TPSA) is 38.9 Å². The minimum absolute atomic E-state index is 0.0821. The third-order valence-electron chi connectivity index (χ3n) is 2.11. The van der Waals surface area contributed by atoms with E-state index in [9.17, 15) is 0 Å². The van der Waals surface area contributed by atoms with Crippen LogP contribution in [-0.2, 0) is 0 Å². The summed E-state index contributed by atoms with van der Waals surface area (Å²) >= 11 is 3.36. The molecule has 1 atom stereocenters. The van der Waals surface area contributed by atoms with E-state index < -0.39 is 0 Å². The first-order valence-electron chi connectivity index (χ1n) is 4.55. The van der Waals surface area contributed by atoms with Gasteiger partial charge in [0.25, 0.3) is 0 Å². The van der Waals surface area contributed by atoms with Gasteiger partial charge in [0, 0.05) is 22.4 Å². The molecule has 0 saturated heterocycles. The number of hydrogen-bond donors (Lipinski definition) is 1. The van der Waals surface area contributed by atoms with Gasteiger partial charge in [0.05, 0.1) is 5.69 Å². The molecule has 1 unspecified atom stereocenters. The molecule has 2 rings (SSSR count). The molecule has 74 valence electrons. The normalized spacial score (nSPS) is 13.0. The molecule has 0 radical (unpaired) electrons. The van der Waals surface area contributed by atoms with Gasteiger partial charge in [-0.05, 0) is 17.9 Å². The van der Waals surface area contributed by atoms with Crippen molar-refractivity contribution < 1.29 is 0 Å². The molecule has 4 heteroatoms. The van der Waals surface area contributed by atoms with Crippen LogP contribution in [0.25, 0.3) is 10.6 Å². The van der Waals surface area contributed by atoms with E-state index in [0.717, 1.165) is 17.1 Å². The van der Waals surface area contributed by atoms with Crippen molar-refractivity contribution >= 4 is 22.7 Å². The number of thiazole rings is 1. The van der Waals surface area contributed by atoms with Crippen molar-refractivity contribution in [1.29, 1.82) is 0 Å². The van der Waals surface area contributed by atoms with Gasteiger partial charge in [0.15, 0.2) is 0 Å². The molecule has 14 heavy (non-hydrogen) atoms. The molecule has 0 aliphatic carbocycles. The van der Waals surface area contributed by atoms with E-state index in [0.29, 0.717) is 0 Å². The molecule has 0 amide bonds. The van der Waals surface area contributed by atoms with Crippen LogP contribution in [0.4, 0.5) is 0 Å². The lowest BCUT2D eigenvalue weighted by molar-refractivity contribution is 0.681. The fraction of sp³-hybridized carbons (Fsp3) is 0.300. The van der Waals surface area contributed by atoms with Crippen molar-refractivity contribution in [3.63, 3.8) is 0 Å². The largest absolute Gasteiger partial charge is 0.323 e. The van der Waals surface area contributed by atoms with Crippen LogP contribution in [0.3, 0.4) is 0 Å². The molecule has 2 heterocycles. The summed E-state index contributed by atoms with van der Waals surface area (Å²) in [4.78, 5) is 4.52. The van der Waals surface area contributed by atoms with Gasteiger partial charge < -0.3 is 5.73 Å². The number of nitrogens with two attached hydrogens (primary N) is 1. The monoisotopic (exact) mass is 224 g/mol. The van der Waals surface area contributed by atoms with Crippen molar-refractivity contribution in [2.24, 2.45) is 5.73 Å². The second-order valence-electron chi connectivity index (χ2n) is 3.10. The summed E-state index contributed by atoms with van der Waals surface area (Å²) in [5.41, 5.74) is 8.12. The Bertz CT molecular complexity index is 392. The first kappa shape index (κ1) is 9.83. The van der Waals surface area contributed by atoms with E-state index in [1.807, 2.05) is 0 Å². The summed E-state index contributed by atoms with van der Waals surface area (Å²) in [6.45, 7) is 2.08. The highest BCUT2D eigenvalue weighted by molar-refractivity contribution is 7.14. The van der Waals surface area contributed by atoms with Crippen LogP contribution in [0.5, 0.6) is 0 Å². The Labute approximate surface area is 91.4 Å². The highest BCUT2D eigenvalue weighted by Gasteiger charge is 2.09. The predicted molar refractivity (Wildman–Crippen MR) is 62.6 cm³/mol. The molecule has 2 N–H and O–H groups in total. The Balaban J connectivity index is 2.26. The van der Waals surface area contributed by atoms with Gasteiger partial charge in [-0.3, -0.25) is 0 Å². The molecule has 2 aromatic rings. The fourth-order valence-corrected chi connectivity index (χ4v) is 2.78. The molecule has 2 aromatic heterocycles. The Morgan fingerprint density at radius 3 is 3.00 bits per heavy atom. The molecule has 0 fully saturated rings. The lowest BCUT2D eigenvalue weighted by Gasteiger charge is -2.02. The first-order chi connectivity index (χ1) is 6.81. The van der Waals surface area contributed by atoms with Crippen LogP contribution in [-0.4, -0.2) is 4.98 Å². The standard InChI is InChI=1S/C10H12N2S2/c1-2-8(11)9-6-14-10(12-9)7-3-4-13-5-7/h3-6,8H,2,11H2,1H3. The van der Waals surface area contributed by atoms with Crippen molar-refractivity contribution in [2.75, 3.05) is 0 Å². The molecule has 2 nitrogen and oxygen atoms in total. The molecule has 0 spiro atoms. The van der Waals surface area contributed by atoms with Gasteiger partial charge in [-0.25, -0.2) is 4.98 Å². The average Bonchev–Trinajstić information content (AvgIpc) is 2.86. The SMILES string of the molecule is CCC(N)c1csc(-c2ccsc2)n1. The van der Waals surface area contributed by atoms with Gasteiger partial charge in [-0.1, -0.05) is 6.92 Å². The molecular weight excluding hydrogens is 212 g/mol. The minimum atomic E-state index is 0.0821. The number of hydrogen-bond acceptors (Lipinski definition) is 4. The minimum Gasteiger partial charge on any atom is -0.323 e. The third kappa shape index (κ3) is 1.87. The van der Waals surface area contributed by atoms with E-state index >= 15 is 0 Å². The zero-order valence-electron chi connectivity index (χ0n) is 7.93. The van der Waals surface area contributed by atoms with Crippen LogP contribution in [0.1, 0.15) is 25.1 Å². The van der Waals surface area contributed by atoms with Crippen molar-refractivity contribution in [3.8, 4) is 10.6 Å². The highest BCUT2D eigenvalue weighted by atomic mass is 32.1. The smallest absolute Gasteiger partial charge is 0.124 e. The molecular formula is C10H12N2S2. The van der Waals surface area contributed by atoms with Crippen molar-refractivity contribution in [3.05, 3.63) is 27.9 Å².